The number of hydrogen-bond donors (Lipinski definition) is 0. The first kappa shape index (κ1) is 34.0. The maximum absolute atomic E-state index is 14.9. The van der Waals surface area contributed by atoms with Crippen LogP contribution in [0.3, 0.4) is 0 Å². The van der Waals surface area contributed by atoms with Crippen LogP contribution in [0.4, 0.5) is 4.39 Å². The molecule has 0 spiro atoms. The summed E-state index contributed by atoms with van der Waals surface area (Å²) >= 11 is 0. The van der Waals surface area contributed by atoms with Crippen molar-refractivity contribution in [3.05, 3.63) is 0 Å². The smallest absolute Gasteiger partial charge is 0.745 e. The van der Waals surface area contributed by atoms with Crippen LogP contribution in [0.15, 0.2) is 0 Å². The SMILES string of the molecule is CCCCCCCCCCCCCC(F)(CCCCCCCCCCC)S(=O)(=O)[O-].[Na+]. The van der Waals surface area contributed by atoms with Crippen molar-refractivity contribution in [2.45, 2.75) is 160 Å². The minimum Gasteiger partial charge on any atom is -0.745 e. The first-order valence-corrected chi connectivity index (χ1v) is 14.4. The molecule has 31 heavy (non-hydrogen) atoms. The summed E-state index contributed by atoms with van der Waals surface area (Å²) in [6.45, 7) is 4.42. The van der Waals surface area contributed by atoms with Crippen LogP contribution < -0.4 is 29.6 Å². The Morgan fingerprint density at radius 1 is 0.548 bits per heavy atom. The minimum atomic E-state index is -4.90. The topological polar surface area (TPSA) is 57.2 Å². The van der Waals surface area contributed by atoms with Crippen LogP contribution in [-0.2, 0) is 10.1 Å². The predicted molar refractivity (Wildman–Crippen MR) is 126 cm³/mol. The van der Waals surface area contributed by atoms with E-state index in [-0.39, 0.29) is 42.4 Å². The van der Waals surface area contributed by atoms with Gasteiger partial charge in [0.05, 0.1) is 0 Å². The molecule has 0 radical (unpaired) electrons. The zero-order valence-corrected chi connectivity index (χ0v) is 23.9. The van der Waals surface area contributed by atoms with Crippen molar-refractivity contribution in [3.63, 3.8) is 0 Å². The fourth-order valence-corrected chi connectivity index (χ4v) is 4.92. The van der Waals surface area contributed by atoms with Crippen molar-refractivity contribution in [3.8, 4) is 0 Å². The van der Waals surface area contributed by atoms with Gasteiger partial charge in [0.15, 0.2) is 5.00 Å². The van der Waals surface area contributed by atoms with Gasteiger partial charge in [0, 0.05) is 0 Å². The molecule has 0 N–H and O–H groups in total. The molecule has 0 aliphatic carbocycles. The summed E-state index contributed by atoms with van der Waals surface area (Å²) in [5, 5.41) is -2.56. The summed E-state index contributed by atoms with van der Waals surface area (Å²) in [6, 6.07) is 0. The number of hydrogen-bond acceptors (Lipinski definition) is 3. The molecule has 0 fully saturated rings. The second kappa shape index (κ2) is 22.6. The first-order valence-electron chi connectivity index (χ1n) is 13.0. The summed E-state index contributed by atoms with van der Waals surface area (Å²) in [5.41, 5.74) is 0. The number of rotatable bonds is 23. The molecule has 0 aromatic rings. The monoisotopic (exact) mass is 472 g/mol. The third-order valence-corrected chi connectivity index (χ3v) is 7.56. The third-order valence-electron chi connectivity index (χ3n) is 6.26. The van der Waals surface area contributed by atoms with Crippen molar-refractivity contribution in [1.29, 1.82) is 0 Å². The van der Waals surface area contributed by atoms with E-state index in [0.717, 1.165) is 38.5 Å². The van der Waals surface area contributed by atoms with Crippen molar-refractivity contribution in [2.24, 2.45) is 0 Å². The predicted octanol–water partition coefficient (Wildman–Crippen LogP) is 5.82. The van der Waals surface area contributed by atoms with E-state index in [9.17, 15) is 17.4 Å². The van der Waals surface area contributed by atoms with Crippen LogP contribution in [0.25, 0.3) is 0 Å². The Morgan fingerprint density at radius 3 is 1.00 bits per heavy atom. The molecule has 3 nitrogen and oxygen atoms in total. The molecule has 1 unspecified atom stereocenters. The van der Waals surface area contributed by atoms with E-state index in [1.54, 1.807) is 0 Å². The van der Waals surface area contributed by atoms with Gasteiger partial charge in [-0.3, -0.25) is 0 Å². The fourth-order valence-electron chi connectivity index (χ4n) is 4.13. The molecule has 1 atom stereocenters. The number of alkyl halides is 1. The van der Waals surface area contributed by atoms with E-state index < -0.39 is 15.1 Å². The molecule has 0 bridgehead atoms. The van der Waals surface area contributed by atoms with Crippen LogP contribution >= 0.6 is 0 Å². The van der Waals surface area contributed by atoms with Gasteiger partial charge in [0.25, 0.3) is 0 Å². The Labute approximate surface area is 216 Å². The van der Waals surface area contributed by atoms with Crippen molar-refractivity contribution in [2.75, 3.05) is 0 Å². The molecule has 0 saturated heterocycles. The quantitative estimate of drug-likeness (QED) is 0.107. The Balaban J connectivity index is 0. The minimum absolute atomic E-state index is 0. The van der Waals surface area contributed by atoms with Crippen LogP contribution in [0, 0.1) is 0 Å². The van der Waals surface area contributed by atoms with Crippen molar-refractivity contribution >= 4 is 10.1 Å². The van der Waals surface area contributed by atoms with E-state index >= 15 is 0 Å². The Morgan fingerprint density at radius 2 is 0.774 bits per heavy atom. The molecule has 0 aliphatic rings. The average molecular weight is 473 g/mol. The Hall–Kier alpha value is 0.840. The van der Waals surface area contributed by atoms with Crippen molar-refractivity contribution in [1.82, 2.24) is 0 Å². The van der Waals surface area contributed by atoms with Gasteiger partial charge in [-0.25, -0.2) is 12.8 Å². The summed E-state index contributed by atoms with van der Waals surface area (Å²) in [6.07, 6.45) is 21.8. The van der Waals surface area contributed by atoms with Crippen LogP contribution in [-0.4, -0.2) is 18.0 Å². The Kier molecular flexibility index (Phi) is 24.8. The van der Waals surface area contributed by atoms with Crippen LogP contribution in [0.5, 0.6) is 0 Å². The van der Waals surface area contributed by atoms with E-state index in [1.165, 1.54) is 77.0 Å². The maximum atomic E-state index is 14.9. The molecule has 0 aliphatic heterocycles. The molecular weight excluding hydrogens is 422 g/mol. The second-order valence-corrected chi connectivity index (χ2v) is 10.8. The van der Waals surface area contributed by atoms with Gasteiger partial charge in [0.1, 0.15) is 10.1 Å². The first-order chi connectivity index (χ1) is 14.4. The van der Waals surface area contributed by atoms with Gasteiger partial charge in [0.2, 0.25) is 0 Å². The second-order valence-electron chi connectivity index (χ2n) is 9.20. The molecule has 0 aromatic heterocycles. The molecule has 0 saturated carbocycles. The number of halogens is 1. The van der Waals surface area contributed by atoms with E-state index in [1.807, 2.05) is 0 Å². The van der Waals surface area contributed by atoms with E-state index in [2.05, 4.69) is 13.8 Å². The molecule has 0 aromatic carbocycles. The Bertz CT molecular complexity index is 473. The fraction of sp³-hybridized carbons (Fsp3) is 1.00. The average Bonchev–Trinajstić information content (AvgIpc) is 2.70. The molecular formula is C25H50FNaO3S. The number of unbranched alkanes of at least 4 members (excludes halogenated alkanes) is 18. The normalized spacial score (nSPS) is 13.7. The zero-order valence-electron chi connectivity index (χ0n) is 21.1. The summed E-state index contributed by atoms with van der Waals surface area (Å²) in [7, 11) is -4.90. The van der Waals surface area contributed by atoms with Gasteiger partial charge in [-0.15, -0.1) is 0 Å². The largest absolute Gasteiger partial charge is 1.00 e. The summed E-state index contributed by atoms with van der Waals surface area (Å²) in [4.78, 5) is 0. The van der Waals surface area contributed by atoms with Gasteiger partial charge >= 0.3 is 29.6 Å². The molecule has 0 rings (SSSR count). The summed E-state index contributed by atoms with van der Waals surface area (Å²) < 4.78 is 49.4. The maximum Gasteiger partial charge on any atom is 1.00 e. The van der Waals surface area contributed by atoms with Gasteiger partial charge < -0.3 is 4.55 Å². The van der Waals surface area contributed by atoms with Gasteiger partial charge in [-0.1, -0.05) is 129 Å². The van der Waals surface area contributed by atoms with Gasteiger partial charge in [-0.05, 0) is 25.7 Å². The van der Waals surface area contributed by atoms with Crippen LogP contribution in [0.2, 0.25) is 0 Å². The summed E-state index contributed by atoms with van der Waals surface area (Å²) in [5.74, 6) is 0. The van der Waals surface area contributed by atoms with E-state index in [4.69, 9.17) is 0 Å². The zero-order chi connectivity index (χ0) is 22.6. The molecule has 0 amide bonds. The van der Waals surface area contributed by atoms with Crippen LogP contribution in [0.1, 0.15) is 155 Å². The molecule has 6 heteroatoms. The molecule has 0 heterocycles. The molecule has 182 valence electrons. The van der Waals surface area contributed by atoms with Gasteiger partial charge in [-0.2, -0.15) is 0 Å². The third kappa shape index (κ3) is 20.0. The van der Waals surface area contributed by atoms with E-state index in [0.29, 0.717) is 12.8 Å². The standard InChI is InChI=1S/C25H51FO3S.Na/c1-3-5-7-9-11-13-14-16-18-20-22-24-25(26,30(27,28)29)23-21-19-17-15-12-10-8-6-4-2;/h3-24H2,1-2H3,(H,27,28,29);/q;+1/p-1. The van der Waals surface area contributed by atoms with Crippen molar-refractivity contribution < 1.29 is 46.9 Å².